The summed E-state index contributed by atoms with van der Waals surface area (Å²) in [6.45, 7) is 1.25. The van der Waals surface area contributed by atoms with Crippen LogP contribution in [0.25, 0.3) is 0 Å². The van der Waals surface area contributed by atoms with E-state index in [0.29, 0.717) is 5.69 Å². The quantitative estimate of drug-likeness (QED) is 0.558. The number of carbonyl (C=O) groups excluding carboxylic acids is 2. The molecule has 1 fully saturated rings. The van der Waals surface area contributed by atoms with E-state index in [2.05, 4.69) is 4.74 Å². The van der Waals surface area contributed by atoms with Gasteiger partial charge in [-0.25, -0.2) is 13.2 Å². The number of cyclic esters (lactones) is 1. The number of hydrogen-bond acceptors (Lipinski definition) is 7. The summed E-state index contributed by atoms with van der Waals surface area (Å²) in [6, 6.07) is 5.27. The van der Waals surface area contributed by atoms with Crippen LogP contribution in [-0.4, -0.2) is 63.5 Å². The average molecular weight is 453 g/mol. The minimum atomic E-state index is -4.48. The first-order valence-corrected chi connectivity index (χ1v) is 10.8. The molecule has 0 N–H and O–H groups in total. The van der Waals surface area contributed by atoms with Crippen molar-refractivity contribution >= 4 is 27.6 Å². The van der Waals surface area contributed by atoms with Crippen LogP contribution in [0.1, 0.15) is 20.3 Å². The largest absolute Gasteiger partial charge is 0.484 e. The van der Waals surface area contributed by atoms with Gasteiger partial charge in [0.15, 0.2) is 21.2 Å². The van der Waals surface area contributed by atoms with Crippen LogP contribution < -0.4 is 9.64 Å². The van der Waals surface area contributed by atoms with Gasteiger partial charge in [0.1, 0.15) is 11.9 Å². The van der Waals surface area contributed by atoms with Crippen molar-refractivity contribution in [3.8, 4) is 5.75 Å². The molecule has 0 radical (unpaired) electrons. The van der Waals surface area contributed by atoms with Crippen LogP contribution in [0.3, 0.4) is 0 Å². The standard InChI is InChI=1S/C18H22F3NO7S/c1-4-27-15(23)17(2,30(3,25)26)9-14-10-22(16(24)29-14)12-5-7-13(8-6-12)28-11-18(19,20)21/h5-8,14H,4,9-11H2,1-3H3/t14-,17?/m0/s1. The lowest BCUT2D eigenvalue weighted by atomic mass is 10.0. The summed E-state index contributed by atoms with van der Waals surface area (Å²) in [5.41, 5.74) is 0.319. The Morgan fingerprint density at radius 2 is 1.87 bits per heavy atom. The molecule has 0 spiro atoms. The molecule has 1 heterocycles. The van der Waals surface area contributed by atoms with Gasteiger partial charge in [-0.3, -0.25) is 9.69 Å². The molecule has 0 aromatic heterocycles. The maximum Gasteiger partial charge on any atom is 0.422 e. The van der Waals surface area contributed by atoms with Crippen molar-refractivity contribution in [1.29, 1.82) is 0 Å². The van der Waals surface area contributed by atoms with Crippen LogP contribution >= 0.6 is 0 Å². The van der Waals surface area contributed by atoms with Crippen molar-refractivity contribution in [2.24, 2.45) is 0 Å². The highest BCUT2D eigenvalue weighted by molar-refractivity contribution is 7.92. The zero-order chi connectivity index (χ0) is 22.7. The first-order valence-electron chi connectivity index (χ1n) is 8.91. The minimum absolute atomic E-state index is 0.0106. The summed E-state index contributed by atoms with van der Waals surface area (Å²) in [4.78, 5) is 25.7. The number of rotatable bonds is 8. The molecule has 12 heteroatoms. The van der Waals surface area contributed by atoms with E-state index in [-0.39, 0.29) is 25.3 Å². The number of anilines is 1. The summed E-state index contributed by atoms with van der Waals surface area (Å²) in [6.07, 6.45) is -5.57. The number of ether oxygens (including phenoxy) is 3. The van der Waals surface area contributed by atoms with Gasteiger partial charge in [0.25, 0.3) is 0 Å². The van der Waals surface area contributed by atoms with Crippen molar-refractivity contribution in [2.45, 2.75) is 37.3 Å². The summed E-state index contributed by atoms with van der Waals surface area (Å²) >= 11 is 0. The van der Waals surface area contributed by atoms with Gasteiger partial charge in [-0.1, -0.05) is 0 Å². The molecular formula is C18H22F3NO7S. The van der Waals surface area contributed by atoms with Crippen LogP contribution in [0, 0.1) is 0 Å². The van der Waals surface area contributed by atoms with Crippen LogP contribution in [0.15, 0.2) is 24.3 Å². The van der Waals surface area contributed by atoms with E-state index in [1.54, 1.807) is 6.92 Å². The van der Waals surface area contributed by atoms with Gasteiger partial charge in [0.2, 0.25) is 0 Å². The zero-order valence-electron chi connectivity index (χ0n) is 16.6. The van der Waals surface area contributed by atoms with E-state index < -0.39 is 45.5 Å². The first kappa shape index (κ1) is 23.8. The van der Waals surface area contributed by atoms with Gasteiger partial charge in [-0.2, -0.15) is 13.2 Å². The molecule has 2 atom stereocenters. The third-order valence-corrected chi connectivity index (χ3v) is 6.54. The zero-order valence-corrected chi connectivity index (χ0v) is 17.4. The van der Waals surface area contributed by atoms with Crippen molar-refractivity contribution in [3.05, 3.63) is 24.3 Å². The van der Waals surface area contributed by atoms with Crippen molar-refractivity contribution < 1.29 is 45.4 Å². The number of halogens is 3. The Kier molecular flexibility index (Phi) is 6.90. The van der Waals surface area contributed by atoms with Crippen LogP contribution in [0.5, 0.6) is 5.75 Å². The van der Waals surface area contributed by atoms with Crippen molar-refractivity contribution in [1.82, 2.24) is 0 Å². The van der Waals surface area contributed by atoms with Gasteiger partial charge in [0, 0.05) is 18.4 Å². The topological polar surface area (TPSA) is 99.2 Å². The molecule has 30 heavy (non-hydrogen) atoms. The third kappa shape index (κ3) is 5.55. The molecule has 1 aliphatic rings. The Hall–Kier alpha value is -2.50. The fraction of sp³-hybridized carbons (Fsp3) is 0.556. The van der Waals surface area contributed by atoms with Crippen LogP contribution in [-0.2, 0) is 24.1 Å². The number of amides is 1. The second-order valence-electron chi connectivity index (χ2n) is 6.94. The monoisotopic (exact) mass is 453 g/mol. The molecule has 1 unspecified atom stereocenters. The number of benzene rings is 1. The van der Waals surface area contributed by atoms with E-state index in [4.69, 9.17) is 9.47 Å². The number of esters is 1. The number of hydrogen-bond donors (Lipinski definition) is 0. The summed E-state index contributed by atoms with van der Waals surface area (Å²) in [5, 5.41) is 0. The highest BCUT2D eigenvalue weighted by Crippen LogP contribution is 2.31. The van der Waals surface area contributed by atoms with E-state index in [1.807, 2.05) is 0 Å². The fourth-order valence-electron chi connectivity index (χ4n) is 2.83. The molecule has 1 aliphatic heterocycles. The van der Waals surface area contributed by atoms with Crippen LogP contribution in [0.2, 0.25) is 0 Å². The van der Waals surface area contributed by atoms with E-state index in [9.17, 15) is 31.2 Å². The summed E-state index contributed by atoms with van der Waals surface area (Å²) < 4.78 is 73.9. The lowest BCUT2D eigenvalue weighted by molar-refractivity contribution is -0.153. The number of sulfone groups is 1. The molecule has 168 valence electrons. The highest BCUT2D eigenvalue weighted by atomic mass is 32.2. The number of alkyl halides is 3. The van der Waals surface area contributed by atoms with Gasteiger partial charge in [-0.15, -0.1) is 0 Å². The SMILES string of the molecule is CCOC(=O)C(C)(C[C@H]1CN(c2ccc(OCC(F)(F)F)cc2)C(=O)O1)S(C)(=O)=O. The van der Waals surface area contributed by atoms with Gasteiger partial charge < -0.3 is 14.2 Å². The summed E-state index contributed by atoms with van der Waals surface area (Å²) in [7, 11) is -3.89. The third-order valence-electron chi connectivity index (χ3n) is 4.57. The van der Waals surface area contributed by atoms with Crippen molar-refractivity contribution in [3.63, 3.8) is 0 Å². The molecular weight excluding hydrogens is 431 g/mol. The molecule has 1 aromatic carbocycles. The molecule has 1 saturated heterocycles. The lowest BCUT2D eigenvalue weighted by Gasteiger charge is -2.27. The normalized spacial score (nSPS) is 19.2. The molecule has 1 aromatic rings. The summed E-state index contributed by atoms with van der Waals surface area (Å²) in [5.74, 6) is -0.972. The molecule has 0 bridgehead atoms. The molecule has 0 saturated carbocycles. The second-order valence-corrected chi connectivity index (χ2v) is 9.39. The van der Waals surface area contributed by atoms with Crippen molar-refractivity contribution in [2.75, 3.05) is 30.9 Å². The van der Waals surface area contributed by atoms with Gasteiger partial charge in [0.05, 0.1) is 13.2 Å². The van der Waals surface area contributed by atoms with Gasteiger partial charge in [-0.05, 0) is 38.1 Å². The molecule has 1 amide bonds. The number of carbonyl (C=O) groups is 2. The smallest absolute Gasteiger partial charge is 0.422 e. The first-order chi connectivity index (χ1) is 13.8. The van der Waals surface area contributed by atoms with Gasteiger partial charge >= 0.3 is 18.2 Å². The van der Waals surface area contributed by atoms with E-state index >= 15 is 0 Å². The number of nitrogens with zero attached hydrogens (tertiary/aromatic N) is 1. The van der Waals surface area contributed by atoms with E-state index in [1.165, 1.54) is 36.1 Å². The maximum absolute atomic E-state index is 12.3. The Morgan fingerprint density at radius 3 is 2.37 bits per heavy atom. The molecule has 8 nitrogen and oxygen atoms in total. The Morgan fingerprint density at radius 1 is 1.27 bits per heavy atom. The molecule has 2 rings (SSSR count). The average Bonchev–Trinajstić information content (AvgIpc) is 2.99. The fourth-order valence-corrected chi connectivity index (χ4v) is 3.68. The Bertz CT molecular complexity index is 886. The van der Waals surface area contributed by atoms with Crippen LogP contribution in [0.4, 0.5) is 23.7 Å². The minimum Gasteiger partial charge on any atom is -0.484 e. The van der Waals surface area contributed by atoms with E-state index in [0.717, 1.165) is 6.26 Å². The second kappa shape index (κ2) is 8.70. The predicted molar refractivity (Wildman–Crippen MR) is 100 cm³/mol. The Labute approximate surface area is 171 Å². The Balaban J connectivity index is 2.11. The maximum atomic E-state index is 12.3. The lowest BCUT2D eigenvalue weighted by Crippen LogP contribution is -2.47. The molecule has 0 aliphatic carbocycles. The highest BCUT2D eigenvalue weighted by Gasteiger charge is 2.49. The predicted octanol–water partition coefficient (Wildman–Crippen LogP) is 2.71.